The maximum atomic E-state index is 9.73. The second kappa shape index (κ2) is 7.09. The highest BCUT2D eigenvalue weighted by molar-refractivity contribution is 6.37. The smallest absolute Gasteiger partial charge is 0.326 e. The number of nitrogens with zero attached hydrogens (tertiary/aromatic N) is 4. The number of aliphatic hydroxyl groups is 1. The van der Waals surface area contributed by atoms with Crippen LogP contribution in [0.4, 0.5) is 5.82 Å². The lowest BCUT2D eigenvalue weighted by atomic mass is 10.2. The molecule has 0 radical (unpaired) electrons. The van der Waals surface area contributed by atoms with Crippen molar-refractivity contribution in [1.29, 1.82) is 0 Å². The third-order valence-electron chi connectivity index (χ3n) is 4.68. The van der Waals surface area contributed by atoms with E-state index >= 15 is 0 Å². The highest BCUT2D eigenvalue weighted by atomic mass is 35.5. The number of rotatable bonds is 5. The molecule has 2 N–H and O–H groups in total. The van der Waals surface area contributed by atoms with Gasteiger partial charge in [0.1, 0.15) is 17.2 Å². The number of aliphatic hydroxyl groups excluding tert-OH is 1. The second-order valence-corrected chi connectivity index (χ2v) is 6.67. The van der Waals surface area contributed by atoms with Gasteiger partial charge in [0, 0.05) is 18.4 Å². The summed E-state index contributed by atoms with van der Waals surface area (Å²) in [5, 5.41) is 11.1. The van der Waals surface area contributed by atoms with E-state index in [-0.39, 0.29) is 18.7 Å². The van der Waals surface area contributed by atoms with Gasteiger partial charge in [0.2, 0.25) is 0 Å². The van der Waals surface area contributed by atoms with Gasteiger partial charge < -0.3 is 19.7 Å². The van der Waals surface area contributed by atoms with Crippen LogP contribution in [0.5, 0.6) is 11.8 Å². The molecule has 3 aromatic heterocycles. The summed E-state index contributed by atoms with van der Waals surface area (Å²) >= 11 is 6.59. The summed E-state index contributed by atoms with van der Waals surface area (Å²) in [5.41, 5.74) is 1.55. The number of nitrogens with one attached hydrogen (secondary N) is 1. The molecule has 1 aliphatic heterocycles. The summed E-state index contributed by atoms with van der Waals surface area (Å²) in [7, 11) is 0. The Morgan fingerprint density at radius 3 is 3.04 bits per heavy atom. The minimum atomic E-state index is 0.0235. The van der Waals surface area contributed by atoms with Gasteiger partial charge in [-0.3, -0.25) is 4.98 Å². The molecule has 0 aliphatic carbocycles. The van der Waals surface area contributed by atoms with Crippen LogP contribution in [0.1, 0.15) is 25.5 Å². The maximum absolute atomic E-state index is 9.73. The number of aromatic nitrogens is 4. The number of aromatic amines is 1. The van der Waals surface area contributed by atoms with Gasteiger partial charge in [-0.25, -0.2) is 0 Å². The van der Waals surface area contributed by atoms with E-state index in [4.69, 9.17) is 16.3 Å². The summed E-state index contributed by atoms with van der Waals surface area (Å²) in [6, 6.07) is 3.84. The lowest BCUT2D eigenvalue weighted by molar-refractivity contribution is 0.266. The van der Waals surface area contributed by atoms with Crippen molar-refractivity contribution in [3.05, 3.63) is 35.2 Å². The van der Waals surface area contributed by atoms with E-state index in [2.05, 4.69) is 24.8 Å². The Morgan fingerprint density at radius 1 is 1.42 bits per heavy atom. The molecule has 1 fully saturated rings. The first-order chi connectivity index (χ1) is 12.7. The van der Waals surface area contributed by atoms with Crippen molar-refractivity contribution in [2.75, 3.05) is 18.1 Å². The number of pyridine rings is 1. The lowest BCUT2D eigenvalue weighted by Gasteiger charge is -2.25. The normalized spacial score (nSPS) is 17.2. The fraction of sp³-hybridized carbons (Fsp3) is 0.389. The van der Waals surface area contributed by atoms with E-state index in [1.165, 1.54) is 0 Å². The quantitative estimate of drug-likeness (QED) is 0.713. The van der Waals surface area contributed by atoms with Gasteiger partial charge in [-0.2, -0.15) is 9.97 Å². The molecule has 0 amide bonds. The zero-order chi connectivity index (χ0) is 18.1. The monoisotopic (exact) mass is 373 g/mol. The highest BCUT2D eigenvalue weighted by Gasteiger charge is 2.29. The van der Waals surface area contributed by atoms with Crippen LogP contribution in [0.2, 0.25) is 5.02 Å². The first kappa shape index (κ1) is 17.1. The van der Waals surface area contributed by atoms with Crippen molar-refractivity contribution in [2.24, 2.45) is 0 Å². The number of aryl methyl sites for hydroxylation is 1. The first-order valence-corrected chi connectivity index (χ1v) is 9.12. The molecule has 4 rings (SSSR count). The van der Waals surface area contributed by atoms with Crippen LogP contribution in [0.3, 0.4) is 0 Å². The van der Waals surface area contributed by atoms with Gasteiger partial charge >= 0.3 is 6.01 Å². The molecule has 0 bridgehead atoms. The summed E-state index contributed by atoms with van der Waals surface area (Å²) in [6.45, 7) is 2.92. The van der Waals surface area contributed by atoms with E-state index in [0.29, 0.717) is 22.2 Å². The zero-order valence-electron chi connectivity index (χ0n) is 14.4. The summed E-state index contributed by atoms with van der Waals surface area (Å²) in [4.78, 5) is 18.5. The van der Waals surface area contributed by atoms with Gasteiger partial charge in [-0.05, 0) is 31.4 Å². The molecule has 3 aromatic rings. The van der Waals surface area contributed by atoms with Crippen LogP contribution < -0.4 is 9.64 Å². The third kappa shape index (κ3) is 2.97. The average molecular weight is 374 g/mol. The number of hydrogen-bond donors (Lipinski definition) is 2. The summed E-state index contributed by atoms with van der Waals surface area (Å²) in [6.07, 6.45) is 5.97. The van der Waals surface area contributed by atoms with Crippen molar-refractivity contribution in [2.45, 2.75) is 32.2 Å². The molecule has 1 unspecified atom stereocenters. The van der Waals surface area contributed by atoms with Crippen molar-refractivity contribution in [3.63, 3.8) is 0 Å². The number of halogens is 1. The number of fused-ring (bicyclic) bond motifs is 1. The first-order valence-electron chi connectivity index (χ1n) is 8.74. The molecule has 0 spiro atoms. The average Bonchev–Trinajstić information content (AvgIpc) is 3.26. The van der Waals surface area contributed by atoms with Crippen LogP contribution in [-0.2, 0) is 6.42 Å². The Hall–Kier alpha value is -2.38. The summed E-state index contributed by atoms with van der Waals surface area (Å²) in [5.74, 6) is 1.26. The fourth-order valence-electron chi connectivity index (χ4n) is 3.38. The van der Waals surface area contributed by atoms with Crippen LogP contribution in [0.25, 0.3) is 11.0 Å². The minimum Gasteiger partial charge on any atom is -0.423 e. The molecule has 1 saturated heterocycles. The molecule has 1 aliphatic rings. The van der Waals surface area contributed by atoms with Gasteiger partial charge in [-0.1, -0.05) is 18.5 Å². The molecule has 7 nitrogen and oxygen atoms in total. The third-order valence-corrected chi connectivity index (χ3v) is 5.10. The maximum Gasteiger partial charge on any atom is 0.326 e. The number of H-pyrrole nitrogens is 1. The van der Waals surface area contributed by atoms with Crippen molar-refractivity contribution < 1.29 is 9.84 Å². The van der Waals surface area contributed by atoms with Crippen molar-refractivity contribution >= 4 is 28.5 Å². The van der Waals surface area contributed by atoms with Crippen LogP contribution >= 0.6 is 11.6 Å². The minimum absolute atomic E-state index is 0.0235. The Morgan fingerprint density at radius 2 is 2.31 bits per heavy atom. The van der Waals surface area contributed by atoms with Crippen LogP contribution in [0.15, 0.2) is 24.5 Å². The topological polar surface area (TPSA) is 87.2 Å². The molecule has 1 atom stereocenters. The number of anilines is 1. The molecular formula is C18H20ClN5O2. The molecule has 0 saturated carbocycles. The second-order valence-electron chi connectivity index (χ2n) is 6.29. The Balaban J connectivity index is 1.84. The van der Waals surface area contributed by atoms with E-state index in [1.807, 2.05) is 6.92 Å². The largest absolute Gasteiger partial charge is 0.423 e. The SMILES string of the molecule is CCc1[nH]c2nc(Oc3cccnc3)nc(N3CCCC3CO)c2c1Cl. The van der Waals surface area contributed by atoms with E-state index < -0.39 is 0 Å². The molecular weight excluding hydrogens is 354 g/mol. The zero-order valence-corrected chi connectivity index (χ0v) is 15.2. The fourth-order valence-corrected chi connectivity index (χ4v) is 3.74. The highest BCUT2D eigenvalue weighted by Crippen LogP contribution is 2.38. The predicted octanol–water partition coefficient (Wildman–Crippen LogP) is 3.32. The van der Waals surface area contributed by atoms with Crippen molar-refractivity contribution in [3.8, 4) is 11.8 Å². The Labute approximate surface area is 156 Å². The van der Waals surface area contributed by atoms with Gasteiger partial charge in [-0.15, -0.1) is 0 Å². The van der Waals surface area contributed by atoms with E-state index in [1.54, 1.807) is 24.5 Å². The molecule has 0 aromatic carbocycles. The van der Waals surface area contributed by atoms with Gasteiger partial charge in [0.25, 0.3) is 0 Å². The molecule has 26 heavy (non-hydrogen) atoms. The van der Waals surface area contributed by atoms with E-state index in [0.717, 1.165) is 36.9 Å². The van der Waals surface area contributed by atoms with Gasteiger partial charge in [0.05, 0.1) is 29.3 Å². The predicted molar refractivity (Wildman–Crippen MR) is 100 cm³/mol. The van der Waals surface area contributed by atoms with Crippen molar-refractivity contribution in [1.82, 2.24) is 19.9 Å². The molecule has 4 heterocycles. The van der Waals surface area contributed by atoms with Crippen LogP contribution in [-0.4, -0.2) is 44.2 Å². The Bertz CT molecular complexity index is 915. The van der Waals surface area contributed by atoms with Crippen LogP contribution in [0, 0.1) is 0 Å². The molecule has 136 valence electrons. The standard InChI is InChI=1S/C18H20ClN5O2/c1-2-13-15(19)14-16(21-13)22-18(26-12-6-3-7-20-9-12)23-17(14)24-8-4-5-11(24)10-25/h3,6-7,9,11,25H,2,4-5,8,10H2,1H3,(H,21,22,23). The summed E-state index contributed by atoms with van der Waals surface area (Å²) < 4.78 is 5.80. The molecule has 8 heteroatoms. The van der Waals surface area contributed by atoms with Gasteiger partial charge in [0.15, 0.2) is 0 Å². The number of hydrogen-bond acceptors (Lipinski definition) is 6. The van der Waals surface area contributed by atoms with E-state index in [9.17, 15) is 5.11 Å². The number of ether oxygens (including phenoxy) is 1. The Kier molecular flexibility index (Phi) is 4.65. The lowest BCUT2D eigenvalue weighted by Crippen LogP contribution is -2.33.